The van der Waals surface area contributed by atoms with Crippen LogP contribution >= 0.6 is 0 Å². The molecule has 4 rings (SSSR count). The number of benzene rings is 2. The van der Waals surface area contributed by atoms with E-state index in [2.05, 4.69) is 50.7 Å². The second-order valence-corrected chi connectivity index (χ2v) is 7.68. The van der Waals surface area contributed by atoms with Crippen molar-refractivity contribution in [3.8, 4) is 0 Å². The zero-order valence-corrected chi connectivity index (χ0v) is 17.0. The van der Waals surface area contributed by atoms with Crippen LogP contribution < -0.4 is 26.4 Å². The molecule has 2 aromatic carbocycles. The summed E-state index contributed by atoms with van der Waals surface area (Å²) in [5.74, 6) is -0.0609. The van der Waals surface area contributed by atoms with Gasteiger partial charge in [0, 0.05) is 49.5 Å². The molecule has 154 valence electrons. The minimum atomic E-state index is -0.0609. The van der Waals surface area contributed by atoms with Gasteiger partial charge in [-0.2, -0.15) is 0 Å². The number of amides is 1. The Labute approximate surface area is 171 Å². The highest BCUT2D eigenvalue weighted by atomic mass is 16.5. The maximum absolute atomic E-state index is 11.2. The van der Waals surface area contributed by atoms with Gasteiger partial charge in [0.15, 0.2) is 0 Å². The predicted molar refractivity (Wildman–Crippen MR) is 116 cm³/mol. The molecule has 7 heteroatoms. The topological polar surface area (TPSA) is 77.7 Å². The van der Waals surface area contributed by atoms with Crippen molar-refractivity contribution in [1.29, 1.82) is 0 Å². The lowest BCUT2D eigenvalue weighted by molar-refractivity contribution is -0.114. The third-order valence-electron chi connectivity index (χ3n) is 5.45. The number of aryl methyl sites for hydroxylation is 1. The summed E-state index contributed by atoms with van der Waals surface area (Å²) in [5, 5.41) is 6.36. The van der Waals surface area contributed by atoms with Gasteiger partial charge in [0.2, 0.25) is 5.91 Å². The Morgan fingerprint density at radius 3 is 2.55 bits per heavy atom. The first-order valence-corrected chi connectivity index (χ1v) is 10.2. The molecule has 2 aromatic rings. The molecule has 4 N–H and O–H groups in total. The van der Waals surface area contributed by atoms with Crippen LogP contribution in [0.5, 0.6) is 0 Å². The SMILES string of the molecule is CC(=O)Nc1ccc(NC2CC(c3ccc(N4CCOCC4)cc3)NN2)c(C)c1. The number of nitrogens with zero attached hydrogens (tertiary/aromatic N) is 1. The molecule has 2 aliphatic heterocycles. The molecule has 2 aliphatic rings. The van der Waals surface area contributed by atoms with Crippen LogP contribution in [-0.2, 0) is 9.53 Å². The van der Waals surface area contributed by atoms with E-state index in [0.29, 0.717) is 0 Å². The highest BCUT2D eigenvalue weighted by molar-refractivity contribution is 5.89. The Morgan fingerprint density at radius 2 is 1.86 bits per heavy atom. The standard InChI is InChI=1S/C22H29N5O2/c1-15-13-18(23-16(2)28)5-8-20(15)24-22-14-21(25-26-22)17-3-6-19(7-4-17)27-9-11-29-12-10-27/h3-8,13,21-22,24-26H,9-12,14H2,1-2H3,(H,23,28). The highest BCUT2D eigenvalue weighted by Gasteiger charge is 2.25. The van der Waals surface area contributed by atoms with Crippen LogP contribution in [-0.4, -0.2) is 38.4 Å². The molecule has 2 atom stereocenters. The molecular weight excluding hydrogens is 366 g/mol. The molecule has 0 aromatic heterocycles. The second-order valence-electron chi connectivity index (χ2n) is 7.68. The van der Waals surface area contributed by atoms with Crippen LogP contribution in [0.25, 0.3) is 0 Å². The van der Waals surface area contributed by atoms with Gasteiger partial charge in [-0.15, -0.1) is 0 Å². The fourth-order valence-electron chi connectivity index (χ4n) is 3.90. The fourth-order valence-corrected chi connectivity index (χ4v) is 3.90. The van der Waals surface area contributed by atoms with Gasteiger partial charge in [0.05, 0.1) is 19.4 Å². The number of carbonyl (C=O) groups is 1. The van der Waals surface area contributed by atoms with Crippen LogP contribution in [0.4, 0.5) is 17.1 Å². The van der Waals surface area contributed by atoms with E-state index in [-0.39, 0.29) is 18.1 Å². The first-order valence-electron chi connectivity index (χ1n) is 10.2. The minimum absolute atomic E-state index is 0.0609. The first kappa shape index (κ1) is 19.7. The Morgan fingerprint density at radius 1 is 1.10 bits per heavy atom. The van der Waals surface area contributed by atoms with E-state index in [4.69, 9.17) is 4.74 Å². The van der Waals surface area contributed by atoms with Gasteiger partial charge in [0.1, 0.15) is 0 Å². The number of morpholine rings is 1. The van der Waals surface area contributed by atoms with Crippen LogP contribution in [0, 0.1) is 6.92 Å². The van der Waals surface area contributed by atoms with E-state index >= 15 is 0 Å². The summed E-state index contributed by atoms with van der Waals surface area (Å²) in [4.78, 5) is 13.6. The number of carbonyl (C=O) groups excluding carboxylic acids is 1. The highest BCUT2D eigenvalue weighted by Crippen LogP contribution is 2.27. The van der Waals surface area contributed by atoms with E-state index < -0.39 is 0 Å². The lowest BCUT2D eigenvalue weighted by Crippen LogP contribution is -2.36. The van der Waals surface area contributed by atoms with Crippen molar-refractivity contribution in [2.45, 2.75) is 32.5 Å². The lowest BCUT2D eigenvalue weighted by Gasteiger charge is -2.29. The monoisotopic (exact) mass is 395 g/mol. The van der Waals surface area contributed by atoms with Crippen molar-refractivity contribution in [3.05, 3.63) is 53.6 Å². The summed E-state index contributed by atoms with van der Waals surface area (Å²) < 4.78 is 5.43. The molecule has 0 spiro atoms. The molecular formula is C22H29N5O2. The number of ether oxygens (including phenoxy) is 1. The zero-order valence-electron chi connectivity index (χ0n) is 17.0. The Bertz CT molecular complexity index is 849. The number of anilines is 3. The molecule has 0 radical (unpaired) electrons. The second kappa shape index (κ2) is 8.82. The van der Waals surface area contributed by atoms with Crippen molar-refractivity contribution in [3.63, 3.8) is 0 Å². The van der Waals surface area contributed by atoms with E-state index in [9.17, 15) is 4.79 Å². The van der Waals surface area contributed by atoms with Gasteiger partial charge in [0.25, 0.3) is 0 Å². The Balaban J connectivity index is 1.35. The van der Waals surface area contributed by atoms with Crippen molar-refractivity contribution < 1.29 is 9.53 Å². The molecule has 2 heterocycles. The molecule has 1 amide bonds. The van der Waals surface area contributed by atoms with Crippen LogP contribution in [0.1, 0.15) is 30.5 Å². The summed E-state index contributed by atoms with van der Waals surface area (Å²) in [6.07, 6.45) is 1.06. The van der Waals surface area contributed by atoms with Gasteiger partial charge in [-0.3, -0.25) is 4.79 Å². The molecule has 2 unspecified atom stereocenters. The van der Waals surface area contributed by atoms with Gasteiger partial charge in [-0.05, 0) is 48.4 Å². The van der Waals surface area contributed by atoms with Crippen LogP contribution in [0.15, 0.2) is 42.5 Å². The van der Waals surface area contributed by atoms with Crippen LogP contribution in [0.3, 0.4) is 0 Å². The summed E-state index contributed by atoms with van der Waals surface area (Å²) >= 11 is 0. The molecule has 0 saturated carbocycles. The lowest BCUT2D eigenvalue weighted by atomic mass is 10.0. The first-order chi connectivity index (χ1) is 14.1. The van der Waals surface area contributed by atoms with E-state index in [0.717, 1.165) is 49.7 Å². The summed E-state index contributed by atoms with van der Waals surface area (Å²) in [6.45, 7) is 7.06. The van der Waals surface area contributed by atoms with E-state index in [1.807, 2.05) is 25.1 Å². The summed E-state index contributed by atoms with van der Waals surface area (Å²) in [6, 6.07) is 15.0. The Hall–Kier alpha value is -2.61. The maximum Gasteiger partial charge on any atom is 0.221 e. The summed E-state index contributed by atoms with van der Waals surface area (Å²) in [5.41, 5.74) is 12.2. The fraction of sp³-hybridized carbons (Fsp3) is 0.409. The average Bonchev–Trinajstić information content (AvgIpc) is 3.19. The van der Waals surface area contributed by atoms with E-state index in [1.54, 1.807) is 0 Å². The van der Waals surface area contributed by atoms with Gasteiger partial charge in [-0.25, -0.2) is 10.9 Å². The number of hydrogen-bond donors (Lipinski definition) is 4. The molecule has 0 aliphatic carbocycles. The molecule has 0 bridgehead atoms. The number of hydrogen-bond acceptors (Lipinski definition) is 6. The van der Waals surface area contributed by atoms with Crippen LogP contribution in [0.2, 0.25) is 0 Å². The molecule has 29 heavy (non-hydrogen) atoms. The van der Waals surface area contributed by atoms with Crippen molar-refractivity contribution in [2.75, 3.05) is 41.8 Å². The maximum atomic E-state index is 11.2. The average molecular weight is 396 g/mol. The smallest absolute Gasteiger partial charge is 0.221 e. The third kappa shape index (κ3) is 4.87. The zero-order chi connectivity index (χ0) is 20.2. The van der Waals surface area contributed by atoms with Crippen molar-refractivity contribution in [2.24, 2.45) is 0 Å². The largest absolute Gasteiger partial charge is 0.378 e. The molecule has 2 fully saturated rings. The van der Waals surface area contributed by atoms with E-state index in [1.165, 1.54) is 18.2 Å². The minimum Gasteiger partial charge on any atom is -0.378 e. The van der Waals surface area contributed by atoms with Gasteiger partial charge < -0.3 is 20.3 Å². The molecule has 7 nitrogen and oxygen atoms in total. The number of nitrogens with one attached hydrogen (secondary N) is 4. The predicted octanol–water partition coefficient (Wildman–Crippen LogP) is 2.77. The van der Waals surface area contributed by atoms with Crippen molar-refractivity contribution in [1.82, 2.24) is 10.9 Å². The van der Waals surface area contributed by atoms with Gasteiger partial charge >= 0.3 is 0 Å². The molecule has 2 saturated heterocycles. The normalized spacial score (nSPS) is 21.8. The third-order valence-corrected chi connectivity index (χ3v) is 5.45. The van der Waals surface area contributed by atoms with Gasteiger partial charge in [-0.1, -0.05) is 12.1 Å². The van der Waals surface area contributed by atoms with Crippen molar-refractivity contribution >= 4 is 23.0 Å². The quantitative estimate of drug-likeness (QED) is 0.624. The number of rotatable bonds is 5. The Kier molecular flexibility index (Phi) is 5.99. The number of hydrazine groups is 1. The summed E-state index contributed by atoms with van der Waals surface area (Å²) in [7, 11) is 0.